The zero-order valence-electron chi connectivity index (χ0n) is 18.6. The zero-order chi connectivity index (χ0) is 23.6. The van der Waals surface area contributed by atoms with Gasteiger partial charge in [0.1, 0.15) is 18.9 Å². The molecule has 0 saturated carbocycles. The number of anilines is 3. The number of carbonyl (C=O) groups is 2. The number of hydrogen-bond donors (Lipinski definition) is 0. The van der Waals surface area contributed by atoms with E-state index in [2.05, 4.69) is 30.1 Å². The standard InChI is InChI=1S/C28H20FNO2SSi/c1-34(2)24-10-6-5-9-22(24)30(23-13-11-17(29)15-25(23)34)26-14-12-18(33-26)16-21-27(31)19-7-3-4-8-20(19)28(21)32/h3-16H,1-2H3. The summed E-state index contributed by atoms with van der Waals surface area (Å²) in [6, 6.07) is 24.2. The Morgan fingerprint density at radius 2 is 1.44 bits per heavy atom. The molecule has 0 N–H and O–H groups in total. The maximum Gasteiger partial charge on any atom is 0.197 e. The third kappa shape index (κ3) is 2.99. The number of para-hydroxylation sites is 1. The Morgan fingerprint density at radius 3 is 2.18 bits per heavy atom. The molecule has 2 aliphatic rings. The molecule has 0 unspecified atom stereocenters. The number of carbonyl (C=O) groups excluding carboxylic acids is 2. The summed E-state index contributed by atoms with van der Waals surface area (Å²) in [4.78, 5) is 28.6. The maximum atomic E-state index is 14.3. The second-order valence-electron chi connectivity index (χ2n) is 9.08. The number of ketones is 2. The average molecular weight is 482 g/mol. The average Bonchev–Trinajstić information content (AvgIpc) is 3.39. The molecule has 3 aromatic carbocycles. The highest BCUT2D eigenvalue weighted by Crippen LogP contribution is 2.42. The van der Waals surface area contributed by atoms with Crippen molar-refractivity contribution < 1.29 is 14.0 Å². The normalized spacial score (nSPS) is 15.7. The van der Waals surface area contributed by atoms with E-state index >= 15 is 0 Å². The topological polar surface area (TPSA) is 37.4 Å². The van der Waals surface area contributed by atoms with Crippen LogP contribution in [0.4, 0.5) is 20.8 Å². The number of nitrogens with zero attached hydrogens (tertiary/aromatic N) is 1. The summed E-state index contributed by atoms with van der Waals surface area (Å²) < 4.78 is 14.3. The molecule has 4 aromatic rings. The molecule has 0 spiro atoms. The Labute approximate surface area is 201 Å². The van der Waals surface area contributed by atoms with Crippen LogP contribution in [0.15, 0.2) is 84.4 Å². The fraction of sp³-hybridized carbons (Fsp3) is 0.0714. The van der Waals surface area contributed by atoms with Crippen LogP contribution in [-0.2, 0) is 0 Å². The van der Waals surface area contributed by atoms with Gasteiger partial charge >= 0.3 is 0 Å². The lowest BCUT2D eigenvalue weighted by molar-refractivity contribution is 0.0990. The number of thiophene rings is 1. The number of fused-ring (bicyclic) bond motifs is 3. The molecule has 3 nitrogen and oxygen atoms in total. The quantitative estimate of drug-likeness (QED) is 0.202. The highest BCUT2D eigenvalue weighted by molar-refractivity contribution is 7.17. The van der Waals surface area contributed by atoms with Crippen LogP contribution in [0.5, 0.6) is 0 Å². The minimum atomic E-state index is -2.09. The Hall–Kier alpha value is -3.61. The van der Waals surface area contributed by atoms with Crippen molar-refractivity contribution >= 4 is 63.8 Å². The van der Waals surface area contributed by atoms with Gasteiger partial charge in [-0.25, -0.2) is 4.39 Å². The summed E-state index contributed by atoms with van der Waals surface area (Å²) in [6.07, 6.45) is 1.69. The van der Waals surface area contributed by atoms with Crippen LogP contribution in [0.3, 0.4) is 0 Å². The smallest absolute Gasteiger partial charge is 0.197 e. The van der Waals surface area contributed by atoms with Crippen LogP contribution >= 0.6 is 11.3 Å². The third-order valence-corrected chi connectivity index (χ3v) is 11.3. The lowest BCUT2D eigenvalue weighted by Gasteiger charge is -2.40. The number of halogens is 1. The van der Waals surface area contributed by atoms with Crippen LogP contribution in [0, 0.1) is 5.82 Å². The van der Waals surface area contributed by atoms with Gasteiger partial charge in [0.2, 0.25) is 0 Å². The summed E-state index contributed by atoms with van der Waals surface area (Å²) in [7, 11) is -2.09. The first-order valence-electron chi connectivity index (χ1n) is 11.1. The molecule has 166 valence electrons. The first-order valence-corrected chi connectivity index (χ1v) is 14.9. The second kappa shape index (κ2) is 7.45. The summed E-state index contributed by atoms with van der Waals surface area (Å²) in [5, 5.41) is 3.25. The van der Waals surface area contributed by atoms with E-state index in [1.54, 1.807) is 36.4 Å². The van der Waals surface area contributed by atoms with Crippen molar-refractivity contribution in [1.82, 2.24) is 0 Å². The summed E-state index contributed by atoms with van der Waals surface area (Å²) >= 11 is 1.51. The molecule has 6 rings (SSSR count). The number of allylic oxidation sites excluding steroid dienone is 1. The lowest BCUT2D eigenvalue weighted by Crippen LogP contribution is -2.58. The molecule has 1 aliphatic heterocycles. The van der Waals surface area contributed by atoms with Gasteiger partial charge in [0.05, 0.1) is 5.57 Å². The van der Waals surface area contributed by atoms with Gasteiger partial charge in [0.25, 0.3) is 0 Å². The molecule has 0 amide bonds. The predicted octanol–water partition coefficient (Wildman–Crippen LogP) is 5.96. The first-order chi connectivity index (χ1) is 16.4. The minimum Gasteiger partial charge on any atom is -0.302 e. The Kier molecular flexibility index (Phi) is 4.59. The van der Waals surface area contributed by atoms with Crippen molar-refractivity contribution in [1.29, 1.82) is 0 Å². The SMILES string of the molecule is C[Si]1(C)c2ccccc2N(c2ccc(C=C3C(=O)c4ccccc4C3=O)s2)c2ccc(F)cc21. The summed E-state index contributed by atoms with van der Waals surface area (Å²) in [6.45, 7) is 4.50. The van der Waals surface area contributed by atoms with Crippen molar-refractivity contribution in [2.24, 2.45) is 0 Å². The van der Waals surface area contributed by atoms with Gasteiger partial charge in [-0.3, -0.25) is 9.59 Å². The first kappa shape index (κ1) is 21.0. The molecule has 34 heavy (non-hydrogen) atoms. The molecule has 0 saturated heterocycles. The fourth-order valence-corrected chi connectivity index (χ4v) is 8.95. The van der Waals surface area contributed by atoms with Gasteiger partial charge < -0.3 is 4.90 Å². The Morgan fingerprint density at radius 1 is 0.794 bits per heavy atom. The van der Waals surface area contributed by atoms with Crippen LogP contribution in [-0.4, -0.2) is 19.6 Å². The van der Waals surface area contributed by atoms with Crippen LogP contribution in [0.2, 0.25) is 13.1 Å². The van der Waals surface area contributed by atoms with Crippen molar-refractivity contribution in [2.75, 3.05) is 4.90 Å². The summed E-state index contributed by atoms with van der Waals surface area (Å²) in [5.74, 6) is -0.687. The molecule has 6 heteroatoms. The number of hydrogen-bond acceptors (Lipinski definition) is 4. The number of benzene rings is 3. The maximum absolute atomic E-state index is 14.3. The van der Waals surface area contributed by atoms with Crippen molar-refractivity contribution in [2.45, 2.75) is 13.1 Å². The highest BCUT2D eigenvalue weighted by atomic mass is 32.1. The van der Waals surface area contributed by atoms with Crippen LogP contribution < -0.4 is 15.3 Å². The van der Waals surface area contributed by atoms with Crippen molar-refractivity contribution in [3.05, 3.63) is 106 Å². The summed E-state index contributed by atoms with van der Waals surface area (Å²) in [5.41, 5.74) is 3.20. The van der Waals surface area contributed by atoms with Gasteiger partial charge in [-0.05, 0) is 52.8 Å². The van der Waals surface area contributed by atoms with E-state index in [1.165, 1.54) is 22.6 Å². The van der Waals surface area contributed by atoms with Gasteiger partial charge in [0.15, 0.2) is 11.6 Å². The molecular weight excluding hydrogens is 461 g/mol. The van der Waals surface area contributed by atoms with Crippen molar-refractivity contribution in [3.8, 4) is 0 Å². The molecular formula is C28H20FNO2SSi. The molecule has 1 aliphatic carbocycles. The molecule has 0 radical (unpaired) electrons. The molecule has 0 bridgehead atoms. The van der Waals surface area contributed by atoms with Gasteiger partial charge in [-0.15, -0.1) is 11.3 Å². The van der Waals surface area contributed by atoms with E-state index in [0.717, 1.165) is 26.4 Å². The minimum absolute atomic E-state index is 0.199. The lowest BCUT2D eigenvalue weighted by atomic mass is 10.1. The number of rotatable bonds is 2. The van der Waals surface area contributed by atoms with Crippen LogP contribution in [0.25, 0.3) is 6.08 Å². The fourth-order valence-electron chi connectivity index (χ4n) is 5.00. The number of Topliss-reactive ketones (excluding diaryl/α,β-unsaturated/α-hetero) is 2. The highest BCUT2D eigenvalue weighted by Gasteiger charge is 2.39. The third-order valence-electron chi connectivity index (χ3n) is 6.72. The van der Waals surface area contributed by atoms with Crippen molar-refractivity contribution in [3.63, 3.8) is 0 Å². The zero-order valence-corrected chi connectivity index (χ0v) is 20.4. The molecule has 2 heterocycles. The monoisotopic (exact) mass is 481 g/mol. The van der Waals surface area contributed by atoms with Gasteiger partial charge in [0, 0.05) is 27.4 Å². The second-order valence-corrected chi connectivity index (χ2v) is 14.5. The van der Waals surface area contributed by atoms with Crippen LogP contribution in [0.1, 0.15) is 25.6 Å². The van der Waals surface area contributed by atoms with E-state index in [0.29, 0.717) is 11.1 Å². The molecule has 1 aromatic heterocycles. The molecule has 0 fully saturated rings. The van der Waals surface area contributed by atoms with E-state index in [9.17, 15) is 14.0 Å². The largest absolute Gasteiger partial charge is 0.302 e. The van der Waals surface area contributed by atoms with E-state index in [1.807, 2.05) is 30.3 Å². The van der Waals surface area contributed by atoms with E-state index in [4.69, 9.17) is 0 Å². The Bertz CT molecular complexity index is 1510. The Balaban J connectivity index is 1.46. The molecule has 0 atom stereocenters. The van der Waals surface area contributed by atoms with Gasteiger partial charge in [-0.2, -0.15) is 0 Å². The predicted molar refractivity (Wildman–Crippen MR) is 139 cm³/mol. The van der Waals surface area contributed by atoms with E-state index < -0.39 is 8.07 Å². The van der Waals surface area contributed by atoms with E-state index in [-0.39, 0.29) is 23.0 Å². The van der Waals surface area contributed by atoms with Gasteiger partial charge in [-0.1, -0.05) is 55.6 Å².